The van der Waals surface area contributed by atoms with E-state index in [0.717, 1.165) is 0 Å². The number of aromatic nitrogens is 2. The number of nitrogens with zero attached hydrogens (tertiary/aromatic N) is 2. The van der Waals surface area contributed by atoms with E-state index in [1.807, 2.05) is 0 Å². The first-order chi connectivity index (χ1) is 7.56. The zero-order valence-electron chi connectivity index (χ0n) is 8.34. The van der Waals surface area contributed by atoms with Gasteiger partial charge in [0.15, 0.2) is 5.82 Å². The molecule has 2 rings (SSSR count). The van der Waals surface area contributed by atoms with Crippen molar-refractivity contribution in [2.45, 2.75) is 6.92 Å². The fourth-order valence-electron chi connectivity index (χ4n) is 1.32. The van der Waals surface area contributed by atoms with Crippen LogP contribution < -0.4 is 0 Å². The van der Waals surface area contributed by atoms with E-state index in [9.17, 15) is 4.39 Å². The first-order valence-corrected chi connectivity index (χ1v) is 5.70. The van der Waals surface area contributed by atoms with Crippen molar-refractivity contribution in [3.05, 3.63) is 45.4 Å². The molecule has 1 aromatic heterocycles. The second-order valence-corrected chi connectivity index (χ2v) is 4.58. The molecular formula is C11H7BrClFN2. The molecule has 16 heavy (non-hydrogen) atoms. The Morgan fingerprint density at radius 3 is 2.62 bits per heavy atom. The van der Waals surface area contributed by atoms with Crippen LogP contribution in [0, 0.1) is 12.7 Å². The molecule has 0 spiro atoms. The molecule has 0 N–H and O–H groups in total. The number of hydrogen-bond donors (Lipinski definition) is 0. The summed E-state index contributed by atoms with van der Waals surface area (Å²) in [5, 5.41) is 0.310. The van der Waals surface area contributed by atoms with Gasteiger partial charge in [-0.15, -0.1) is 0 Å². The van der Waals surface area contributed by atoms with E-state index in [-0.39, 0.29) is 5.82 Å². The zero-order chi connectivity index (χ0) is 11.7. The zero-order valence-corrected chi connectivity index (χ0v) is 10.7. The van der Waals surface area contributed by atoms with E-state index in [4.69, 9.17) is 11.6 Å². The lowest BCUT2D eigenvalue weighted by Crippen LogP contribution is -1.94. The molecule has 0 radical (unpaired) electrons. The standard InChI is InChI=1S/C11H7BrClFN2/c1-6-4-10(13)16-11(15-6)8-3-2-7(12)5-9(8)14/h2-5H,1H3. The van der Waals surface area contributed by atoms with Crippen LogP contribution in [0.25, 0.3) is 11.4 Å². The monoisotopic (exact) mass is 300 g/mol. The van der Waals surface area contributed by atoms with Crippen molar-refractivity contribution in [1.82, 2.24) is 9.97 Å². The highest BCUT2D eigenvalue weighted by Gasteiger charge is 2.09. The van der Waals surface area contributed by atoms with Crippen LogP contribution in [0.3, 0.4) is 0 Å². The Balaban J connectivity index is 2.58. The predicted octanol–water partition coefficient (Wildman–Crippen LogP) is 4.01. The maximum Gasteiger partial charge on any atom is 0.164 e. The van der Waals surface area contributed by atoms with Crippen molar-refractivity contribution >= 4 is 27.5 Å². The van der Waals surface area contributed by atoms with Gasteiger partial charge in [0, 0.05) is 10.2 Å². The summed E-state index contributed by atoms with van der Waals surface area (Å²) in [5.74, 6) is -0.0777. The fourth-order valence-corrected chi connectivity index (χ4v) is 1.89. The third kappa shape index (κ3) is 2.39. The molecule has 1 heterocycles. The summed E-state index contributed by atoms with van der Waals surface area (Å²) in [5.41, 5.74) is 1.05. The summed E-state index contributed by atoms with van der Waals surface area (Å²) >= 11 is 8.99. The quantitative estimate of drug-likeness (QED) is 0.744. The van der Waals surface area contributed by atoms with E-state index in [2.05, 4.69) is 25.9 Å². The van der Waals surface area contributed by atoms with E-state index in [1.165, 1.54) is 6.07 Å². The van der Waals surface area contributed by atoms with Gasteiger partial charge in [-0.3, -0.25) is 0 Å². The molecule has 0 saturated heterocycles. The number of rotatable bonds is 1. The Bertz CT molecular complexity index is 525. The van der Waals surface area contributed by atoms with Crippen LogP contribution in [0.1, 0.15) is 5.69 Å². The van der Waals surface area contributed by atoms with Crippen molar-refractivity contribution in [3.63, 3.8) is 0 Å². The van der Waals surface area contributed by atoms with Crippen molar-refractivity contribution < 1.29 is 4.39 Å². The molecule has 0 aliphatic heterocycles. The molecule has 5 heteroatoms. The molecule has 0 aliphatic carbocycles. The average molecular weight is 302 g/mol. The summed E-state index contributed by atoms with van der Waals surface area (Å²) in [6.45, 7) is 1.79. The summed E-state index contributed by atoms with van der Waals surface area (Å²) in [4.78, 5) is 8.14. The topological polar surface area (TPSA) is 25.8 Å². The third-order valence-electron chi connectivity index (χ3n) is 1.99. The van der Waals surface area contributed by atoms with Gasteiger partial charge in [0.2, 0.25) is 0 Å². The first-order valence-electron chi connectivity index (χ1n) is 4.53. The Kier molecular flexibility index (Phi) is 3.21. The number of aryl methyl sites for hydroxylation is 1. The maximum absolute atomic E-state index is 13.6. The summed E-state index contributed by atoms with van der Waals surface area (Å²) in [6, 6.07) is 6.35. The van der Waals surface area contributed by atoms with Gasteiger partial charge in [-0.1, -0.05) is 27.5 Å². The summed E-state index contributed by atoms with van der Waals surface area (Å²) in [6.07, 6.45) is 0. The van der Waals surface area contributed by atoms with Gasteiger partial charge in [0.1, 0.15) is 11.0 Å². The molecular weight excluding hydrogens is 294 g/mol. The normalized spacial score (nSPS) is 10.5. The number of hydrogen-bond acceptors (Lipinski definition) is 2. The first kappa shape index (κ1) is 11.5. The van der Waals surface area contributed by atoms with Gasteiger partial charge in [0.05, 0.1) is 5.56 Å². The molecule has 1 aromatic carbocycles. The Morgan fingerprint density at radius 1 is 1.25 bits per heavy atom. The summed E-state index contributed by atoms with van der Waals surface area (Å²) in [7, 11) is 0. The van der Waals surface area contributed by atoms with Gasteiger partial charge in [0.25, 0.3) is 0 Å². The lowest BCUT2D eigenvalue weighted by Gasteiger charge is -2.04. The summed E-state index contributed by atoms with van der Waals surface area (Å²) < 4.78 is 14.3. The van der Waals surface area contributed by atoms with E-state index < -0.39 is 0 Å². The van der Waals surface area contributed by atoms with Crippen molar-refractivity contribution in [2.24, 2.45) is 0 Å². The molecule has 0 bridgehead atoms. The minimum Gasteiger partial charge on any atom is -0.233 e. The molecule has 0 fully saturated rings. The molecule has 0 amide bonds. The molecule has 0 aliphatic rings. The van der Waals surface area contributed by atoms with Crippen LogP contribution in [-0.2, 0) is 0 Å². The lowest BCUT2D eigenvalue weighted by molar-refractivity contribution is 0.629. The predicted molar refractivity (Wildman–Crippen MR) is 64.9 cm³/mol. The number of halogens is 3. The van der Waals surface area contributed by atoms with Gasteiger partial charge in [-0.2, -0.15) is 0 Å². The number of benzene rings is 1. The molecule has 82 valence electrons. The molecule has 0 saturated carbocycles. The van der Waals surface area contributed by atoms with Crippen LogP contribution in [0.15, 0.2) is 28.7 Å². The Morgan fingerprint density at radius 2 is 2.00 bits per heavy atom. The molecule has 2 aromatic rings. The van der Waals surface area contributed by atoms with E-state index in [0.29, 0.717) is 26.7 Å². The third-order valence-corrected chi connectivity index (χ3v) is 2.68. The lowest BCUT2D eigenvalue weighted by atomic mass is 10.2. The molecule has 0 atom stereocenters. The minimum atomic E-state index is -0.379. The highest BCUT2D eigenvalue weighted by molar-refractivity contribution is 9.10. The molecule has 2 nitrogen and oxygen atoms in total. The Labute approximate surface area is 106 Å². The van der Waals surface area contributed by atoms with Crippen LogP contribution in [0.2, 0.25) is 5.15 Å². The van der Waals surface area contributed by atoms with E-state index in [1.54, 1.807) is 25.1 Å². The van der Waals surface area contributed by atoms with Gasteiger partial charge in [-0.05, 0) is 31.2 Å². The SMILES string of the molecule is Cc1cc(Cl)nc(-c2ccc(Br)cc2F)n1. The van der Waals surface area contributed by atoms with Crippen molar-refractivity contribution in [2.75, 3.05) is 0 Å². The second kappa shape index (κ2) is 4.47. The Hall–Kier alpha value is -1.00. The highest BCUT2D eigenvalue weighted by atomic mass is 79.9. The minimum absolute atomic E-state index is 0.301. The smallest absolute Gasteiger partial charge is 0.164 e. The fraction of sp³-hybridized carbons (Fsp3) is 0.0909. The van der Waals surface area contributed by atoms with Crippen LogP contribution in [-0.4, -0.2) is 9.97 Å². The van der Waals surface area contributed by atoms with Gasteiger partial charge >= 0.3 is 0 Å². The van der Waals surface area contributed by atoms with Crippen molar-refractivity contribution in [3.8, 4) is 11.4 Å². The van der Waals surface area contributed by atoms with Crippen LogP contribution in [0.4, 0.5) is 4.39 Å². The van der Waals surface area contributed by atoms with Crippen molar-refractivity contribution in [1.29, 1.82) is 0 Å². The second-order valence-electron chi connectivity index (χ2n) is 3.28. The van der Waals surface area contributed by atoms with Crippen LogP contribution >= 0.6 is 27.5 Å². The highest BCUT2D eigenvalue weighted by Crippen LogP contribution is 2.24. The average Bonchev–Trinajstić information content (AvgIpc) is 2.15. The molecule has 0 unspecified atom stereocenters. The van der Waals surface area contributed by atoms with Gasteiger partial charge < -0.3 is 0 Å². The maximum atomic E-state index is 13.6. The largest absolute Gasteiger partial charge is 0.233 e. The van der Waals surface area contributed by atoms with Crippen LogP contribution in [0.5, 0.6) is 0 Å². The van der Waals surface area contributed by atoms with E-state index >= 15 is 0 Å². The van der Waals surface area contributed by atoms with Gasteiger partial charge in [-0.25, -0.2) is 14.4 Å².